The molecule has 2 aromatic rings. The van der Waals surface area contributed by atoms with Crippen LogP contribution in [0.2, 0.25) is 0 Å². The van der Waals surface area contributed by atoms with Gasteiger partial charge in [-0.15, -0.1) is 0 Å². The lowest BCUT2D eigenvalue weighted by molar-refractivity contribution is -0.0298. The van der Waals surface area contributed by atoms with Gasteiger partial charge in [-0.1, -0.05) is 49.8 Å². The summed E-state index contributed by atoms with van der Waals surface area (Å²) in [6.07, 6.45) is 7.18. The van der Waals surface area contributed by atoms with E-state index in [1.807, 2.05) is 0 Å². The van der Waals surface area contributed by atoms with Crippen LogP contribution in [0.4, 0.5) is 0 Å². The number of hydrogen-bond acceptors (Lipinski definition) is 3. The van der Waals surface area contributed by atoms with Crippen molar-refractivity contribution in [3.8, 4) is 0 Å². The molecule has 4 nitrogen and oxygen atoms in total. The largest absolute Gasteiger partial charge is 0.383 e. The molecule has 116 valence electrons. The predicted molar refractivity (Wildman–Crippen MR) is 87.1 cm³/mol. The van der Waals surface area contributed by atoms with Crippen LogP contribution >= 0.6 is 0 Å². The Labute approximate surface area is 131 Å². The first-order valence-electron chi connectivity index (χ1n) is 7.73. The second-order valence-corrected chi connectivity index (χ2v) is 6.92. The number of aryl methyl sites for hydroxylation is 1. The summed E-state index contributed by atoms with van der Waals surface area (Å²) in [6, 6.07) is 8.40. The highest BCUT2D eigenvalue weighted by Gasteiger charge is 2.51. The molecule has 1 aliphatic carbocycles. The second kappa shape index (κ2) is 5.36. The Morgan fingerprint density at radius 1 is 1.27 bits per heavy atom. The molecule has 1 saturated carbocycles. The van der Waals surface area contributed by atoms with Gasteiger partial charge in [0.1, 0.15) is 18.3 Å². The monoisotopic (exact) mass is 297 g/mol. The molecule has 1 unspecified atom stereocenters. The third kappa shape index (κ3) is 2.59. The van der Waals surface area contributed by atoms with Crippen LogP contribution in [0.1, 0.15) is 37.8 Å². The van der Waals surface area contributed by atoms with Gasteiger partial charge in [-0.3, -0.25) is 0 Å². The second-order valence-electron chi connectivity index (χ2n) is 6.92. The summed E-state index contributed by atoms with van der Waals surface area (Å²) in [5.41, 5.74) is 2.38. The van der Waals surface area contributed by atoms with Gasteiger partial charge in [0.2, 0.25) is 0 Å². The Morgan fingerprint density at radius 3 is 2.64 bits per heavy atom. The molecule has 0 saturated heterocycles. The maximum Gasteiger partial charge on any atom is 0.137 e. The van der Waals surface area contributed by atoms with E-state index in [4.69, 9.17) is 0 Å². The molecule has 1 N–H and O–H groups in total. The van der Waals surface area contributed by atoms with Gasteiger partial charge in [0.15, 0.2) is 0 Å². The Balaban J connectivity index is 1.97. The zero-order valence-electron chi connectivity index (χ0n) is 13.5. The minimum atomic E-state index is -0.897. The topological polar surface area (TPSA) is 50.9 Å². The molecule has 1 fully saturated rings. The molecule has 1 heterocycles. The first kappa shape index (κ1) is 15.0. The van der Waals surface area contributed by atoms with E-state index in [-0.39, 0.29) is 5.41 Å². The first-order valence-corrected chi connectivity index (χ1v) is 7.73. The van der Waals surface area contributed by atoms with E-state index >= 15 is 0 Å². The summed E-state index contributed by atoms with van der Waals surface area (Å²) >= 11 is 0. The van der Waals surface area contributed by atoms with E-state index in [1.165, 1.54) is 11.9 Å². The number of benzene rings is 1. The Morgan fingerprint density at radius 2 is 2.00 bits per heavy atom. The van der Waals surface area contributed by atoms with Crippen molar-refractivity contribution < 1.29 is 5.11 Å². The van der Waals surface area contributed by atoms with Gasteiger partial charge in [0.25, 0.3) is 0 Å². The fourth-order valence-corrected chi connectivity index (χ4v) is 3.22. The van der Waals surface area contributed by atoms with Crippen LogP contribution < -0.4 is 0 Å². The quantitative estimate of drug-likeness (QED) is 0.946. The van der Waals surface area contributed by atoms with Crippen molar-refractivity contribution in [3.05, 3.63) is 53.6 Å². The minimum Gasteiger partial charge on any atom is -0.383 e. The molecule has 0 aliphatic heterocycles. The van der Waals surface area contributed by atoms with E-state index in [9.17, 15) is 5.11 Å². The number of rotatable bonds is 3. The van der Waals surface area contributed by atoms with E-state index < -0.39 is 5.60 Å². The third-order valence-corrected chi connectivity index (χ3v) is 4.95. The minimum absolute atomic E-state index is 0.185. The zero-order valence-corrected chi connectivity index (χ0v) is 13.5. The molecule has 0 radical (unpaired) electrons. The molecular formula is C18H23N3O. The molecule has 4 heteroatoms. The molecule has 0 spiro atoms. The maximum absolute atomic E-state index is 11.4. The average Bonchev–Trinajstić information content (AvgIpc) is 3.04. The zero-order chi connectivity index (χ0) is 15.8. The van der Waals surface area contributed by atoms with Crippen LogP contribution in [-0.4, -0.2) is 25.5 Å². The number of hydrogen-bond donors (Lipinski definition) is 1. The van der Waals surface area contributed by atoms with E-state index in [1.54, 1.807) is 11.0 Å². The van der Waals surface area contributed by atoms with Crippen molar-refractivity contribution in [2.24, 2.45) is 5.41 Å². The Hall–Kier alpha value is -1.94. The number of aromatic nitrogens is 3. The number of nitrogens with zero attached hydrogens (tertiary/aromatic N) is 3. The van der Waals surface area contributed by atoms with Gasteiger partial charge < -0.3 is 5.11 Å². The van der Waals surface area contributed by atoms with E-state index in [0.29, 0.717) is 6.54 Å². The van der Waals surface area contributed by atoms with Crippen molar-refractivity contribution in [2.75, 3.05) is 0 Å². The third-order valence-electron chi connectivity index (χ3n) is 4.95. The van der Waals surface area contributed by atoms with E-state index in [2.05, 4.69) is 61.2 Å². The Kier molecular flexibility index (Phi) is 3.65. The predicted octanol–water partition coefficient (Wildman–Crippen LogP) is 3.22. The van der Waals surface area contributed by atoms with Crippen LogP contribution in [0.25, 0.3) is 6.08 Å². The van der Waals surface area contributed by atoms with Gasteiger partial charge >= 0.3 is 0 Å². The smallest absolute Gasteiger partial charge is 0.137 e. The van der Waals surface area contributed by atoms with Crippen molar-refractivity contribution in [3.63, 3.8) is 0 Å². The average molecular weight is 297 g/mol. The fourth-order valence-electron chi connectivity index (χ4n) is 3.22. The Bertz CT molecular complexity index is 671. The van der Waals surface area contributed by atoms with Gasteiger partial charge in [-0.05, 0) is 36.3 Å². The highest BCUT2D eigenvalue weighted by molar-refractivity contribution is 5.57. The highest BCUT2D eigenvalue weighted by Crippen LogP contribution is 2.50. The van der Waals surface area contributed by atoms with Crippen LogP contribution in [0.5, 0.6) is 0 Å². The van der Waals surface area contributed by atoms with Gasteiger partial charge in [-0.25, -0.2) is 9.67 Å². The highest BCUT2D eigenvalue weighted by atomic mass is 16.3. The molecule has 1 atom stereocenters. The first-order chi connectivity index (χ1) is 10.4. The van der Waals surface area contributed by atoms with E-state index in [0.717, 1.165) is 24.0 Å². The summed E-state index contributed by atoms with van der Waals surface area (Å²) < 4.78 is 1.72. The summed E-state index contributed by atoms with van der Waals surface area (Å²) in [5.74, 6) is 0. The lowest BCUT2D eigenvalue weighted by atomic mass is 9.76. The molecule has 0 amide bonds. The number of aliphatic hydroxyl groups is 1. The normalized spacial score (nSPS) is 25.7. The molecule has 22 heavy (non-hydrogen) atoms. The van der Waals surface area contributed by atoms with Gasteiger partial charge in [0.05, 0.1) is 6.54 Å². The van der Waals surface area contributed by atoms with Gasteiger partial charge in [-0.2, -0.15) is 5.10 Å². The lowest BCUT2D eigenvalue weighted by Gasteiger charge is -2.37. The molecule has 3 rings (SSSR count). The maximum atomic E-state index is 11.4. The van der Waals surface area contributed by atoms with Crippen LogP contribution in [0.3, 0.4) is 0 Å². The van der Waals surface area contributed by atoms with Crippen LogP contribution in [0, 0.1) is 12.3 Å². The molecule has 1 aromatic heterocycles. The van der Waals surface area contributed by atoms with Gasteiger partial charge in [0, 0.05) is 0 Å². The molecule has 1 aromatic carbocycles. The summed E-state index contributed by atoms with van der Waals surface area (Å²) in [6.45, 7) is 6.77. The molecule has 0 bridgehead atoms. The fraction of sp³-hybridized carbons (Fsp3) is 0.444. The summed E-state index contributed by atoms with van der Waals surface area (Å²) in [5, 5.41) is 15.6. The van der Waals surface area contributed by atoms with Crippen LogP contribution in [0.15, 0.2) is 42.5 Å². The SMILES string of the molecule is Cc1ccc(C=C2CCC(C)(C)C2(O)Cn2cncn2)cc1. The standard InChI is InChI=1S/C18H23N3O/c1-14-4-6-15(7-5-14)10-16-8-9-17(2,3)18(16,22)11-21-13-19-12-20-21/h4-7,10,12-13,22H,8-9,11H2,1-3H3. The lowest BCUT2D eigenvalue weighted by Crippen LogP contribution is -2.45. The summed E-state index contributed by atoms with van der Waals surface area (Å²) in [4.78, 5) is 3.98. The molecular weight excluding hydrogens is 274 g/mol. The van der Waals surface area contributed by atoms with Crippen molar-refractivity contribution >= 4 is 6.08 Å². The van der Waals surface area contributed by atoms with Crippen LogP contribution in [-0.2, 0) is 6.54 Å². The van der Waals surface area contributed by atoms with Crippen molar-refractivity contribution in [2.45, 2.75) is 45.8 Å². The van der Waals surface area contributed by atoms with Crippen molar-refractivity contribution in [1.29, 1.82) is 0 Å². The molecule has 1 aliphatic rings. The summed E-state index contributed by atoms with van der Waals surface area (Å²) in [7, 11) is 0. The van der Waals surface area contributed by atoms with Crippen molar-refractivity contribution in [1.82, 2.24) is 14.8 Å².